The summed E-state index contributed by atoms with van der Waals surface area (Å²) in [5.41, 5.74) is 6.75. The van der Waals surface area contributed by atoms with Gasteiger partial charge in [-0.2, -0.15) is 33.9 Å². The summed E-state index contributed by atoms with van der Waals surface area (Å²) < 4.78 is 0. The van der Waals surface area contributed by atoms with Gasteiger partial charge in [-0.1, -0.05) is 34.6 Å². The van der Waals surface area contributed by atoms with E-state index in [-0.39, 0.29) is 54.5 Å². The Morgan fingerprint density at radius 3 is 1.20 bits per heavy atom. The van der Waals surface area contributed by atoms with Crippen molar-refractivity contribution in [2.75, 3.05) is 0 Å². The molecular formula is C13H21VW-. The van der Waals surface area contributed by atoms with E-state index in [4.69, 9.17) is 0 Å². The number of aryl methyl sites for hydroxylation is 2. The predicted octanol–water partition coefficient (Wildman–Crippen LogP) is 3.92. The number of rotatable bonds is 0. The van der Waals surface area contributed by atoms with Crippen LogP contribution in [0.15, 0.2) is 0 Å². The molecule has 85 valence electrons. The molecule has 0 amide bonds. The topological polar surface area (TPSA) is 0 Å². The van der Waals surface area contributed by atoms with Crippen molar-refractivity contribution in [1.29, 1.82) is 0 Å². The maximum atomic E-state index is 3.35. The van der Waals surface area contributed by atoms with Crippen LogP contribution < -0.4 is 0 Å². The summed E-state index contributed by atoms with van der Waals surface area (Å²) in [5.74, 6) is 0. The molecule has 0 aliphatic carbocycles. The Kier molecular flexibility index (Phi) is 15.9. The van der Waals surface area contributed by atoms with Crippen LogP contribution in [0.25, 0.3) is 0 Å². The van der Waals surface area contributed by atoms with Gasteiger partial charge >= 0.3 is 18.6 Å². The molecule has 2 heteroatoms. The third-order valence-corrected chi connectivity index (χ3v) is 2.62. The SMILES string of the molecule is Cc1[c-]c(C)c(C)c(C)c1C.[CH3-].[CH3-].[V+2].[W]. The fraction of sp³-hybridized carbons (Fsp3) is 0.385. The monoisotopic (exact) mass is 412 g/mol. The van der Waals surface area contributed by atoms with Crippen molar-refractivity contribution < 1.29 is 39.6 Å². The van der Waals surface area contributed by atoms with E-state index < -0.39 is 0 Å². The Labute approximate surface area is 122 Å². The van der Waals surface area contributed by atoms with Crippen molar-refractivity contribution >= 4 is 0 Å². The van der Waals surface area contributed by atoms with Crippen LogP contribution in [-0.2, 0) is 39.6 Å². The minimum atomic E-state index is 0. The second-order valence-electron chi connectivity index (χ2n) is 3.25. The smallest absolute Gasteiger partial charge is 0.358 e. The Balaban J connectivity index is -0.000000151. The van der Waals surface area contributed by atoms with Crippen LogP contribution in [0.4, 0.5) is 0 Å². The summed E-state index contributed by atoms with van der Waals surface area (Å²) in [4.78, 5) is 0. The van der Waals surface area contributed by atoms with Crippen molar-refractivity contribution in [1.82, 2.24) is 0 Å². The maximum Gasteiger partial charge on any atom is 2.00 e. The van der Waals surface area contributed by atoms with Gasteiger partial charge in [-0.3, -0.25) is 0 Å². The molecule has 0 aliphatic heterocycles. The van der Waals surface area contributed by atoms with Crippen molar-refractivity contribution in [3.8, 4) is 0 Å². The fourth-order valence-electron chi connectivity index (χ4n) is 1.31. The van der Waals surface area contributed by atoms with Gasteiger partial charge in [0.2, 0.25) is 0 Å². The Bertz CT molecular complexity index is 267. The second kappa shape index (κ2) is 9.70. The normalized spacial score (nSPS) is 7.53. The number of benzene rings is 1. The summed E-state index contributed by atoms with van der Waals surface area (Å²) >= 11 is 0. The molecule has 0 atom stereocenters. The Morgan fingerprint density at radius 2 is 0.933 bits per heavy atom. The van der Waals surface area contributed by atoms with E-state index >= 15 is 0 Å². The van der Waals surface area contributed by atoms with Crippen molar-refractivity contribution in [3.63, 3.8) is 0 Å². The van der Waals surface area contributed by atoms with Gasteiger partial charge in [0.25, 0.3) is 0 Å². The molecule has 0 unspecified atom stereocenters. The average Bonchev–Trinajstić information content (AvgIpc) is 1.97. The minimum Gasteiger partial charge on any atom is -0.358 e. The Morgan fingerprint density at radius 1 is 0.667 bits per heavy atom. The number of hydrogen-bond acceptors (Lipinski definition) is 0. The molecule has 1 rings (SSSR count). The van der Waals surface area contributed by atoms with Crippen molar-refractivity contribution in [2.24, 2.45) is 0 Å². The maximum absolute atomic E-state index is 3.35. The van der Waals surface area contributed by atoms with Gasteiger partial charge in [-0.15, -0.1) is 0 Å². The first kappa shape index (κ1) is 24.6. The van der Waals surface area contributed by atoms with E-state index in [0.29, 0.717) is 0 Å². The van der Waals surface area contributed by atoms with E-state index in [2.05, 4.69) is 40.7 Å². The van der Waals surface area contributed by atoms with Gasteiger partial charge < -0.3 is 14.9 Å². The van der Waals surface area contributed by atoms with Crippen LogP contribution in [0.5, 0.6) is 0 Å². The van der Waals surface area contributed by atoms with E-state index in [0.717, 1.165) is 0 Å². The molecule has 0 saturated carbocycles. The molecule has 0 aliphatic rings. The standard InChI is InChI=1S/C11H15.2CH3.V.W/c1-7-6-8(2)10(4)11(5)9(7)3;;;;/h1-5H3;2*1H3;;/q3*-1;+2;. The summed E-state index contributed by atoms with van der Waals surface area (Å²) in [5, 5.41) is 0. The summed E-state index contributed by atoms with van der Waals surface area (Å²) in [6, 6.07) is 3.35. The van der Waals surface area contributed by atoms with Gasteiger partial charge in [0, 0.05) is 21.1 Å². The molecule has 1 radical (unpaired) electrons. The van der Waals surface area contributed by atoms with Crippen LogP contribution in [0, 0.1) is 55.5 Å². The van der Waals surface area contributed by atoms with E-state index in [9.17, 15) is 0 Å². The number of hydrogen-bond donors (Lipinski definition) is 0. The molecule has 1 aromatic carbocycles. The van der Waals surface area contributed by atoms with Gasteiger partial charge in [-0.05, 0) is 0 Å². The third kappa shape index (κ3) is 5.39. The van der Waals surface area contributed by atoms with Gasteiger partial charge in [0.1, 0.15) is 0 Å². The average molecular weight is 412 g/mol. The zero-order valence-corrected chi connectivity index (χ0v) is 15.2. The zero-order valence-electron chi connectivity index (χ0n) is 10.9. The van der Waals surface area contributed by atoms with Gasteiger partial charge in [0.15, 0.2) is 0 Å². The van der Waals surface area contributed by atoms with Crippen molar-refractivity contribution in [3.05, 3.63) is 48.7 Å². The fourth-order valence-corrected chi connectivity index (χ4v) is 1.31. The molecule has 15 heavy (non-hydrogen) atoms. The van der Waals surface area contributed by atoms with Crippen LogP contribution in [0.2, 0.25) is 0 Å². The first-order valence-corrected chi connectivity index (χ1v) is 4.00. The van der Waals surface area contributed by atoms with Crippen LogP contribution in [0.3, 0.4) is 0 Å². The minimum absolute atomic E-state index is 0. The van der Waals surface area contributed by atoms with Crippen LogP contribution in [0.1, 0.15) is 27.8 Å². The molecule has 0 aromatic heterocycles. The summed E-state index contributed by atoms with van der Waals surface area (Å²) in [7, 11) is 0. The van der Waals surface area contributed by atoms with Crippen LogP contribution in [-0.4, -0.2) is 0 Å². The molecule has 0 bridgehead atoms. The molecule has 0 spiro atoms. The zero-order chi connectivity index (χ0) is 8.59. The van der Waals surface area contributed by atoms with Gasteiger partial charge in [0.05, 0.1) is 0 Å². The largest absolute Gasteiger partial charge is 2.00 e. The summed E-state index contributed by atoms with van der Waals surface area (Å²) in [6.45, 7) is 10.7. The van der Waals surface area contributed by atoms with E-state index in [1.165, 1.54) is 27.8 Å². The molecule has 1 aromatic rings. The molecule has 0 nitrogen and oxygen atoms in total. The molecular weight excluding hydrogens is 391 g/mol. The van der Waals surface area contributed by atoms with E-state index in [1.54, 1.807) is 0 Å². The molecule has 0 saturated heterocycles. The molecule has 0 N–H and O–H groups in total. The van der Waals surface area contributed by atoms with Crippen molar-refractivity contribution in [2.45, 2.75) is 34.6 Å². The molecule has 0 fully saturated rings. The second-order valence-corrected chi connectivity index (χ2v) is 3.25. The summed E-state index contributed by atoms with van der Waals surface area (Å²) in [6.07, 6.45) is 0. The Hall–Kier alpha value is 0.493. The van der Waals surface area contributed by atoms with E-state index in [1.807, 2.05) is 0 Å². The molecule has 0 heterocycles. The van der Waals surface area contributed by atoms with Crippen LogP contribution >= 0.6 is 0 Å². The first-order chi connectivity index (χ1) is 5.04. The quantitative estimate of drug-likeness (QED) is 0.567. The predicted molar refractivity (Wildman–Crippen MR) is 61.8 cm³/mol. The van der Waals surface area contributed by atoms with Gasteiger partial charge in [-0.25, -0.2) is 0 Å². The third-order valence-electron chi connectivity index (χ3n) is 2.62. The first-order valence-electron chi connectivity index (χ1n) is 4.00.